The first-order valence-corrected chi connectivity index (χ1v) is 6.89. The van der Waals surface area contributed by atoms with Crippen LogP contribution in [0.4, 0.5) is 0 Å². The Bertz CT molecular complexity index is 610. The van der Waals surface area contributed by atoms with Crippen molar-refractivity contribution in [2.75, 3.05) is 0 Å². The van der Waals surface area contributed by atoms with E-state index in [9.17, 15) is 9.59 Å². The minimum atomic E-state index is -1.07. The Labute approximate surface area is 120 Å². The molecule has 0 spiro atoms. The van der Waals surface area contributed by atoms with Crippen molar-refractivity contribution in [3.05, 3.63) is 52.0 Å². The molecule has 2 aromatic rings. The Morgan fingerprint density at radius 3 is 2.60 bits per heavy atom. The lowest BCUT2D eigenvalue weighted by molar-refractivity contribution is -0.154. The molecule has 0 saturated heterocycles. The van der Waals surface area contributed by atoms with Crippen LogP contribution < -0.4 is 5.73 Å². The van der Waals surface area contributed by atoms with Crippen LogP contribution in [0.2, 0.25) is 0 Å². The quantitative estimate of drug-likeness (QED) is 0.851. The second kappa shape index (κ2) is 6.29. The van der Waals surface area contributed by atoms with Gasteiger partial charge in [0.25, 0.3) is 5.91 Å². The molecule has 1 amide bonds. The van der Waals surface area contributed by atoms with E-state index in [2.05, 4.69) is 4.98 Å². The molecule has 2 N–H and O–H groups in total. The summed E-state index contributed by atoms with van der Waals surface area (Å²) >= 11 is 1.46. The number of nitrogens with two attached hydrogens (primary N) is 1. The number of benzene rings is 1. The molecule has 104 valence electrons. The number of aryl methyl sites for hydroxylation is 1. The van der Waals surface area contributed by atoms with Crippen LogP contribution in [0.3, 0.4) is 0 Å². The fourth-order valence-corrected chi connectivity index (χ4v) is 2.34. The zero-order valence-corrected chi connectivity index (χ0v) is 11.7. The van der Waals surface area contributed by atoms with Crippen LogP contribution in [0, 0.1) is 6.92 Å². The lowest BCUT2D eigenvalue weighted by Gasteiger charge is -2.14. The van der Waals surface area contributed by atoms with Gasteiger partial charge in [0.15, 0.2) is 0 Å². The number of carbonyl (C=O) groups excluding carboxylic acids is 2. The number of ether oxygens (including phenoxy) is 1. The molecule has 20 heavy (non-hydrogen) atoms. The average molecular weight is 290 g/mol. The van der Waals surface area contributed by atoms with Gasteiger partial charge in [0.1, 0.15) is 0 Å². The van der Waals surface area contributed by atoms with E-state index in [1.165, 1.54) is 11.3 Å². The third-order valence-corrected chi connectivity index (χ3v) is 3.42. The molecule has 1 aromatic heterocycles. The average Bonchev–Trinajstić information content (AvgIpc) is 2.82. The molecule has 5 nitrogen and oxygen atoms in total. The Morgan fingerprint density at radius 2 is 2.05 bits per heavy atom. The molecule has 0 radical (unpaired) electrons. The van der Waals surface area contributed by atoms with Crippen LogP contribution in [0.25, 0.3) is 0 Å². The van der Waals surface area contributed by atoms with Crippen LogP contribution in [0.1, 0.15) is 22.4 Å². The molecule has 2 rings (SSSR count). The van der Waals surface area contributed by atoms with E-state index in [-0.39, 0.29) is 6.42 Å². The highest BCUT2D eigenvalue weighted by Crippen LogP contribution is 2.18. The van der Waals surface area contributed by atoms with Gasteiger partial charge < -0.3 is 10.5 Å². The SMILES string of the molecule is Cc1nc(CC(=O)OC(C(N)=O)c2ccccc2)cs1. The summed E-state index contributed by atoms with van der Waals surface area (Å²) in [5.41, 5.74) is 6.48. The fourth-order valence-electron chi connectivity index (χ4n) is 1.73. The number of hydrogen-bond acceptors (Lipinski definition) is 5. The minimum Gasteiger partial charge on any atom is -0.447 e. The van der Waals surface area contributed by atoms with Gasteiger partial charge in [-0.2, -0.15) is 0 Å². The molecule has 0 aliphatic carbocycles. The predicted octanol–water partition coefficient (Wildman–Crippen LogP) is 1.76. The van der Waals surface area contributed by atoms with Gasteiger partial charge in [0.05, 0.1) is 17.1 Å². The van der Waals surface area contributed by atoms with Crippen molar-refractivity contribution in [1.82, 2.24) is 4.98 Å². The summed E-state index contributed by atoms with van der Waals surface area (Å²) in [4.78, 5) is 27.4. The van der Waals surface area contributed by atoms with E-state index in [1.807, 2.05) is 6.92 Å². The maximum Gasteiger partial charge on any atom is 0.313 e. The maximum atomic E-state index is 11.8. The zero-order valence-electron chi connectivity index (χ0n) is 10.9. The van der Waals surface area contributed by atoms with Gasteiger partial charge in [-0.15, -0.1) is 11.3 Å². The standard InChI is InChI=1S/C14H14N2O3S/c1-9-16-11(8-20-9)7-12(17)19-13(14(15)18)10-5-3-2-4-6-10/h2-6,8,13H,7H2,1H3,(H2,15,18). The molecule has 0 saturated carbocycles. The molecule has 6 heteroatoms. The molecule has 1 aromatic carbocycles. The highest BCUT2D eigenvalue weighted by molar-refractivity contribution is 7.09. The van der Waals surface area contributed by atoms with Crippen molar-refractivity contribution in [3.8, 4) is 0 Å². The van der Waals surface area contributed by atoms with E-state index in [0.29, 0.717) is 11.3 Å². The van der Waals surface area contributed by atoms with Crippen molar-refractivity contribution in [3.63, 3.8) is 0 Å². The van der Waals surface area contributed by atoms with Crippen molar-refractivity contribution in [1.29, 1.82) is 0 Å². The van der Waals surface area contributed by atoms with Crippen molar-refractivity contribution < 1.29 is 14.3 Å². The van der Waals surface area contributed by atoms with Gasteiger partial charge in [-0.3, -0.25) is 9.59 Å². The Balaban J connectivity index is 2.05. The first kappa shape index (κ1) is 14.2. The Hall–Kier alpha value is -2.21. The highest BCUT2D eigenvalue weighted by atomic mass is 32.1. The minimum absolute atomic E-state index is 0.0287. The summed E-state index contributed by atoms with van der Waals surface area (Å²) in [6.07, 6.45) is -1.04. The molecule has 1 unspecified atom stereocenters. The number of hydrogen-bond donors (Lipinski definition) is 1. The zero-order chi connectivity index (χ0) is 14.5. The summed E-state index contributed by atoms with van der Waals surface area (Å²) in [6, 6.07) is 8.69. The van der Waals surface area contributed by atoms with Crippen LogP contribution in [0.5, 0.6) is 0 Å². The van der Waals surface area contributed by atoms with E-state index >= 15 is 0 Å². The molecule has 0 bridgehead atoms. The monoisotopic (exact) mass is 290 g/mol. The molecule has 0 aliphatic heterocycles. The van der Waals surface area contributed by atoms with Crippen LogP contribution in [-0.4, -0.2) is 16.9 Å². The van der Waals surface area contributed by atoms with Crippen molar-refractivity contribution in [2.24, 2.45) is 5.73 Å². The number of esters is 1. The maximum absolute atomic E-state index is 11.8. The normalized spacial score (nSPS) is 11.8. The Morgan fingerprint density at radius 1 is 1.35 bits per heavy atom. The third-order valence-electron chi connectivity index (χ3n) is 2.60. The largest absolute Gasteiger partial charge is 0.447 e. The van der Waals surface area contributed by atoms with Crippen LogP contribution >= 0.6 is 11.3 Å². The van der Waals surface area contributed by atoms with Crippen LogP contribution in [0.15, 0.2) is 35.7 Å². The smallest absolute Gasteiger partial charge is 0.313 e. The first-order chi connectivity index (χ1) is 9.56. The van der Waals surface area contributed by atoms with Crippen LogP contribution in [-0.2, 0) is 20.7 Å². The molecule has 1 atom stereocenters. The number of rotatable bonds is 5. The van der Waals surface area contributed by atoms with E-state index in [4.69, 9.17) is 10.5 Å². The van der Waals surface area contributed by atoms with E-state index < -0.39 is 18.0 Å². The lowest BCUT2D eigenvalue weighted by atomic mass is 10.1. The molecule has 1 heterocycles. The number of amides is 1. The van der Waals surface area contributed by atoms with Gasteiger partial charge in [0, 0.05) is 10.9 Å². The topological polar surface area (TPSA) is 82.3 Å². The summed E-state index contributed by atoms with van der Waals surface area (Å²) in [6.45, 7) is 1.86. The van der Waals surface area contributed by atoms with Gasteiger partial charge in [-0.1, -0.05) is 30.3 Å². The second-order valence-electron chi connectivity index (χ2n) is 4.22. The predicted molar refractivity (Wildman–Crippen MR) is 75.0 cm³/mol. The first-order valence-electron chi connectivity index (χ1n) is 6.01. The van der Waals surface area contributed by atoms with E-state index in [1.54, 1.807) is 35.7 Å². The lowest BCUT2D eigenvalue weighted by Crippen LogP contribution is -2.26. The summed E-state index contributed by atoms with van der Waals surface area (Å²) in [7, 11) is 0. The molecule has 0 aliphatic rings. The third kappa shape index (κ3) is 3.64. The number of aromatic nitrogens is 1. The molecule has 0 fully saturated rings. The summed E-state index contributed by atoms with van der Waals surface area (Å²) < 4.78 is 5.16. The number of primary amides is 1. The van der Waals surface area contributed by atoms with E-state index in [0.717, 1.165) is 5.01 Å². The Kier molecular flexibility index (Phi) is 4.47. The van der Waals surface area contributed by atoms with Gasteiger partial charge in [0.2, 0.25) is 6.10 Å². The summed E-state index contributed by atoms with van der Waals surface area (Å²) in [5, 5.41) is 2.67. The van der Waals surface area contributed by atoms with Crippen molar-refractivity contribution in [2.45, 2.75) is 19.4 Å². The highest BCUT2D eigenvalue weighted by Gasteiger charge is 2.22. The molecular formula is C14H14N2O3S. The fraction of sp³-hybridized carbons (Fsp3) is 0.214. The van der Waals surface area contributed by atoms with Crippen molar-refractivity contribution >= 4 is 23.2 Å². The van der Waals surface area contributed by atoms with Gasteiger partial charge >= 0.3 is 5.97 Å². The van der Waals surface area contributed by atoms with Gasteiger partial charge in [-0.05, 0) is 6.92 Å². The second-order valence-corrected chi connectivity index (χ2v) is 5.28. The number of carbonyl (C=O) groups is 2. The summed E-state index contributed by atoms with van der Waals surface area (Å²) in [5.74, 6) is -1.22. The number of nitrogens with zero attached hydrogens (tertiary/aromatic N) is 1. The molecular weight excluding hydrogens is 276 g/mol. The number of thiazole rings is 1. The van der Waals surface area contributed by atoms with Gasteiger partial charge in [-0.25, -0.2) is 4.98 Å².